The van der Waals surface area contributed by atoms with Gasteiger partial charge in [0.1, 0.15) is 11.8 Å². The Balaban J connectivity index is 2.38. The number of hydrogen-bond acceptors (Lipinski definition) is 6. The summed E-state index contributed by atoms with van der Waals surface area (Å²) in [7, 11) is 0.868. The van der Waals surface area contributed by atoms with Gasteiger partial charge >= 0.3 is 6.18 Å². The van der Waals surface area contributed by atoms with Gasteiger partial charge in [-0.3, -0.25) is 4.98 Å². The van der Waals surface area contributed by atoms with Crippen LogP contribution >= 0.6 is 0 Å². The minimum Gasteiger partial charge on any atom is -0.371 e. The van der Waals surface area contributed by atoms with Gasteiger partial charge in [-0.1, -0.05) is 0 Å². The SMILES string of the molecule is COC(C1C(C#N)=NN(c2cccnc2)C1O)C(F)(F)F. The molecule has 1 aromatic heterocycles. The molecule has 1 aliphatic rings. The van der Waals surface area contributed by atoms with E-state index >= 15 is 0 Å². The molecule has 0 aromatic carbocycles. The highest BCUT2D eigenvalue weighted by Gasteiger charge is 2.53. The molecule has 1 aromatic rings. The number of methoxy groups -OCH3 is 1. The number of aliphatic hydroxyl groups excluding tert-OH is 1. The van der Waals surface area contributed by atoms with Gasteiger partial charge in [0.2, 0.25) is 0 Å². The fourth-order valence-corrected chi connectivity index (χ4v) is 2.12. The van der Waals surface area contributed by atoms with E-state index in [0.717, 1.165) is 12.1 Å². The Morgan fingerprint density at radius 1 is 1.52 bits per heavy atom. The van der Waals surface area contributed by atoms with Crippen molar-refractivity contribution in [2.24, 2.45) is 11.0 Å². The van der Waals surface area contributed by atoms with E-state index in [1.807, 2.05) is 0 Å². The lowest BCUT2D eigenvalue weighted by molar-refractivity contribution is -0.227. The molecule has 2 heterocycles. The highest BCUT2D eigenvalue weighted by atomic mass is 19.4. The Kier molecular flexibility index (Phi) is 4.11. The lowest BCUT2D eigenvalue weighted by Gasteiger charge is -2.28. The molecule has 0 amide bonds. The first-order chi connectivity index (χ1) is 9.90. The largest absolute Gasteiger partial charge is 0.415 e. The number of halogens is 3. The van der Waals surface area contributed by atoms with Crippen LogP contribution in [0.3, 0.4) is 0 Å². The van der Waals surface area contributed by atoms with Gasteiger partial charge in [0, 0.05) is 13.3 Å². The molecule has 6 nitrogen and oxygen atoms in total. The molecule has 0 saturated carbocycles. The minimum atomic E-state index is -4.73. The van der Waals surface area contributed by atoms with Crippen molar-refractivity contribution in [2.45, 2.75) is 18.5 Å². The summed E-state index contributed by atoms with van der Waals surface area (Å²) in [5.41, 5.74) is -0.173. The van der Waals surface area contributed by atoms with E-state index < -0.39 is 30.1 Å². The van der Waals surface area contributed by atoms with Gasteiger partial charge in [0.15, 0.2) is 12.3 Å². The molecule has 0 radical (unpaired) electrons. The van der Waals surface area contributed by atoms with Crippen molar-refractivity contribution in [1.29, 1.82) is 5.26 Å². The normalized spacial score (nSPS) is 23.6. The van der Waals surface area contributed by atoms with Crippen LogP contribution in [0.25, 0.3) is 0 Å². The first-order valence-corrected chi connectivity index (χ1v) is 5.85. The van der Waals surface area contributed by atoms with E-state index in [-0.39, 0.29) is 5.69 Å². The first kappa shape index (κ1) is 15.2. The van der Waals surface area contributed by atoms with Crippen LogP contribution in [0, 0.1) is 17.2 Å². The second kappa shape index (κ2) is 5.67. The minimum absolute atomic E-state index is 0.275. The molecule has 2 rings (SSSR count). The summed E-state index contributed by atoms with van der Waals surface area (Å²) in [6.45, 7) is 0. The second-order valence-corrected chi connectivity index (χ2v) is 4.29. The lowest BCUT2D eigenvalue weighted by Crippen LogP contribution is -2.47. The van der Waals surface area contributed by atoms with E-state index in [2.05, 4.69) is 14.8 Å². The number of pyridine rings is 1. The van der Waals surface area contributed by atoms with Gasteiger partial charge in [-0.05, 0) is 12.1 Å². The predicted octanol–water partition coefficient (Wildman–Crippen LogP) is 1.29. The number of rotatable bonds is 3. The number of nitriles is 1. The molecule has 0 aliphatic carbocycles. The van der Waals surface area contributed by atoms with Crippen molar-refractivity contribution < 1.29 is 23.0 Å². The average Bonchev–Trinajstić information content (AvgIpc) is 2.77. The molecule has 3 unspecified atom stereocenters. The third kappa shape index (κ3) is 2.81. The summed E-state index contributed by atoms with van der Waals surface area (Å²) >= 11 is 0. The van der Waals surface area contributed by atoms with Crippen LogP contribution in [0.4, 0.5) is 18.9 Å². The van der Waals surface area contributed by atoms with Crippen LogP contribution < -0.4 is 5.01 Å². The molecular formula is C12H11F3N4O2. The summed E-state index contributed by atoms with van der Waals surface area (Å²) in [5.74, 6) is -1.62. The van der Waals surface area contributed by atoms with E-state index in [9.17, 15) is 18.3 Å². The zero-order chi connectivity index (χ0) is 15.6. The Morgan fingerprint density at radius 3 is 2.71 bits per heavy atom. The smallest absolute Gasteiger partial charge is 0.371 e. The van der Waals surface area contributed by atoms with Crippen molar-refractivity contribution in [3.63, 3.8) is 0 Å². The van der Waals surface area contributed by atoms with Crippen LogP contribution in [0.15, 0.2) is 29.6 Å². The molecule has 9 heteroatoms. The van der Waals surface area contributed by atoms with Crippen molar-refractivity contribution in [1.82, 2.24) is 4.98 Å². The Bertz CT molecular complexity index is 570. The third-order valence-electron chi connectivity index (χ3n) is 3.03. The molecular weight excluding hydrogens is 289 g/mol. The van der Waals surface area contributed by atoms with E-state index in [1.165, 1.54) is 24.5 Å². The van der Waals surface area contributed by atoms with Gasteiger partial charge in [0.05, 0.1) is 17.8 Å². The number of ether oxygens (including phenoxy) is 1. The number of hydrazone groups is 1. The lowest BCUT2D eigenvalue weighted by atomic mass is 9.95. The average molecular weight is 300 g/mol. The molecule has 1 N–H and O–H groups in total. The molecule has 3 atom stereocenters. The highest BCUT2D eigenvalue weighted by Crippen LogP contribution is 2.36. The molecule has 0 bridgehead atoms. The van der Waals surface area contributed by atoms with Crippen LogP contribution in [-0.4, -0.2) is 41.4 Å². The summed E-state index contributed by atoms with van der Waals surface area (Å²) in [4.78, 5) is 3.79. The zero-order valence-corrected chi connectivity index (χ0v) is 10.8. The predicted molar refractivity (Wildman–Crippen MR) is 66.1 cm³/mol. The molecule has 0 saturated heterocycles. The number of hydrogen-bond donors (Lipinski definition) is 1. The van der Waals surface area contributed by atoms with Gasteiger partial charge in [0.25, 0.3) is 0 Å². The van der Waals surface area contributed by atoms with E-state index in [1.54, 1.807) is 6.07 Å². The summed E-state index contributed by atoms with van der Waals surface area (Å²) < 4.78 is 43.3. The van der Waals surface area contributed by atoms with Crippen LogP contribution in [0.5, 0.6) is 0 Å². The fraction of sp³-hybridized carbons (Fsp3) is 0.417. The number of alkyl halides is 3. The third-order valence-corrected chi connectivity index (χ3v) is 3.03. The maximum Gasteiger partial charge on any atom is 0.415 e. The van der Waals surface area contributed by atoms with Crippen molar-refractivity contribution >= 4 is 11.4 Å². The topological polar surface area (TPSA) is 81.7 Å². The number of anilines is 1. The standard InChI is InChI=1S/C12H11F3N4O2/c1-21-10(12(13,14)15)9-8(5-16)18-19(11(9)20)7-3-2-4-17-6-7/h2-4,6,9-11,20H,1H3. The Morgan fingerprint density at radius 2 is 2.24 bits per heavy atom. The fourth-order valence-electron chi connectivity index (χ4n) is 2.12. The maximum absolute atomic E-state index is 13.0. The zero-order valence-electron chi connectivity index (χ0n) is 10.8. The molecule has 0 fully saturated rings. The summed E-state index contributed by atoms with van der Waals surface area (Å²) in [6.07, 6.45) is -5.95. The Hall–Kier alpha value is -2.18. The van der Waals surface area contributed by atoms with Gasteiger partial charge in [-0.2, -0.15) is 23.5 Å². The second-order valence-electron chi connectivity index (χ2n) is 4.29. The number of aromatic nitrogens is 1. The monoisotopic (exact) mass is 300 g/mol. The molecule has 112 valence electrons. The van der Waals surface area contributed by atoms with E-state index in [0.29, 0.717) is 0 Å². The molecule has 0 spiro atoms. The van der Waals surface area contributed by atoms with Gasteiger partial charge < -0.3 is 9.84 Å². The highest BCUT2D eigenvalue weighted by molar-refractivity contribution is 6.03. The molecule has 21 heavy (non-hydrogen) atoms. The van der Waals surface area contributed by atoms with Crippen molar-refractivity contribution in [3.05, 3.63) is 24.5 Å². The van der Waals surface area contributed by atoms with Crippen molar-refractivity contribution in [3.8, 4) is 6.07 Å². The van der Waals surface area contributed by atoms with Crippen LogP contribution in [-0.2, 0) is 4.74 Å². The molecule has 1 aliphatic heterocycles. The van der Waals surface area contributed by atoms with E-state index in [4.69, 9.17) is 5.26 Å². The van der Waals surface area contributed by atoms with Gasteiger partial charge in [-0.25, -0.2) is 5.01 Å². The van der Waals surface area contributed by atoms with Crippen LogP contribution in [0.2, 0.25) is 0 Å². The summed E-state index contributed by atoms with van der Waals surface area (Å²) in [6, 6.07) is 4.62. The Labute approximate surface area is 118 Å². The summed E-state index contributed by atoms with van der Waals surface area (Å²) in [5, 5.41) is 23.8. The van der Waals surface area contributed by atoms with Gasteiger partial charge in [-0.15, -0.1) is 0 Å². The number of aliphatic hydroxyl groups is 1. The maximum atomic E-state index is 13.0. The van der Waals surface area contributed by atoms with Crippen LogP contribution in [0.1, 0.15) is 0 Å². The van der Waals surface area contributed by atoms with Crippen molar-refractivity contribution in [2.75, 3.05) is 12.1 Å². The quantitative estimate of drug-likeness (QED) is 0.909. The first-order valence-electron chi connectivity index (χ1n) is 5.85. The number of nitrogens with zero attached hydrogens (tertiary/aromatic N) is 4.